The summed E-state index contributed by atoms with van der Waals surface area (Å²) in [5.74, 6) is -0.314. The standard InChI is InChI=1S/C26H22ClFN2O2/c27-22-6-2-1-5-20(22)26-21-13-8-17(25(32)15-16-4-3-7-24(16)31)14-23(21)30(29-26)19-11-9-18(28)10-12-19/h1-2,5-6,8-14,16,24,31H,3-4,7,15H2/t16-,24-/m1/s1. The Labute approximate surface area is 190 Å². The molecule has 1 aliphatic rings. The van der Waals surface area contributed by atoms with Crippen LogP contribution in [0.4, 0.5) is 4.39 Å². The minimum absolute atomic E-state index is 0.00370. The molecule has 1 aliphatic carbocycles. The Balaban J connectivity index is 1.63. The molecule has 3 aromatic carbocycles. The number of halogens is 2. The Kier molecular flexibility index (Phi) is 5.53. The number of nitrogens with zero attached hydrogens (tertiary/aromatic N) is 2. The second kappa shape index (κ2) is 8.49. The molecule has 0 bridgehead atoms. The van der Waals surface area contributed by atoms with E-state index in [1.54, 1.807) is 16.8 Å². The number of fused-ring (bicyclic) bond motifs is 1. The first-order valence-electron chi connectivity index (χ1n) is 10.8. The SMILES string of the molecule is O=C(C[C@H]1CCC[C@H]1O)c1ccc2c(-c3ccccc3Cl)nn(-c3ccc(F)cc3)c2c1. The van der Waals surface area contributed by atoms with Crippen molar-refractivity contribution in [2.75, 3.05) is 0 Å². The Morgan fingerprint density at radius 1 is 1.09 bits per heavy atom. The van der Waals surface area contributed by atoms with Crippen molar-refractivity contribution in [2.24, 2.45) is 5.92 Å². The van der Waals surface area contributed by atoms with Crippen molar-refractivity contribution in [1.82, 2.24) is 9.78 Å². The lowest BCUT2D eigenvalue weighted by Gasteiger charge is -2.13. The van der Waals surface area contributed by atoms with E-state index in [0.717, 1.165) is 35.7 Å². The largest absolute Gasteiger partial charge is 0.393 e. The lowest BCUT2D eigenvalue weighted by Crippen LogP contribution is -2.17. The molecule has 4 nitrogen and oxygen atoms in total. The highest BCUT2D eigenvalue weighted by Crippen LogP contribution is 2.35. The highest BCUT2D eigenvalue weighted by atomic mass is 35.5. The highest BCUT2D eigenvalue weighted by molar-refractivity contribution is 6.33. The molecule has 1 fully saturated rings. The Morgan fingerprint density at radius 2 is 1.88 bits per heavy atom. The second-order valence-corrected chi connectivity index (χ2v) is 8.74. The van der Waals surface area contributed by atoms with E-state index in [1.165, 1.54) is 12.1 Å². The summed E-state index contributed by atoms with van der Waals surface area (Å²) < 4.78 is 15.2. The summed E-state index contributed by atoms with van der Waals surface area (Å²) >= 11 is 6.45. The number of carbonyl (C=O) groups is 1. The zero-order valence-corrected chi connectivity index (χ0v) is 18.1. The molecule has 0 radical (unpaired) electrons. The van der Waals surface area contributed by atoms with Gasteiger partial charge in [-0.1, -0.05) is 42.3 Å². The smallest absolute Gasteiger partial charge is 0.163 e. The molecule has 4 aromatic rings. The maximum absolute atomic E-state index is 13.5. The fourth-order valence-electron chi connectivity index (χ4n) is 4.53. The summed E-state index contributed by atoms with van der Waals surface area (Å²) in [5, 5.41) is 16.3. The third kappa shape index (κ3) is 3.83. The average Bonchev–Trinajstić information content (AvgIpc) is 3.37. The molecular weight excluding hydrogens is 427 g/mol. The summed E-state index contributed by atoms with van der Waals surface area (Å²) in [6.45, 7) is 0. The number of aromatic nitrogens is 2. The first kappa shape index (κ1) is 20.9. The third-order valence-electron chi connectivity index (χ3n) is 6.27. The molecule has 162 valence electrons. The van der Waals surface area contributed by atoms with Gasteiger partial charge in [0, 0.05) is 22.9 Å². The van der Waals surface area contributed by atoms with Crippen LogP contribution >= 0.6 is 11.6 Å². The molecule has 1 aromatic heterocycles. The molecule has 1 heterocycles. The summed E-state index contributed by atoms with van der Waals surface area (Å²) in [6.07, 6.45) is 2.51. The summed E-state index contributed by atoms with van der Waals surface area (Å²) in [6, 6.07) is 19.1. The number of ketones is 1. The molecule has 1 N–H and O–H groups in total. The molecule has 0 aliphatic heterocycles. The van der Waals surface area contributed by atoms with Crippen LogP contribution in [-0.2, 0) is 0 Å². The second-order valence-electron chi connectivity index (χ2n) is 8.33. The predicted octanol–water partition coefficient (Wildman–Crippen LogP) is 6.22. The van der Waals surface area contributed by atoms with Gasteiger partial charge in [-0.05, 0) is 61.2 Å². The van der Waals surface area contributed by atoms with Gasteiger partial charge >= 0.3 is 0 Å². The predicted molar refractivity (Wildman–Crippen MR) is 124 cm³/mol. The number of aliphatic hydroxyl groups excluding tert-OH is 1. The van der Waals surface area contributed by atoms with Crippen LogP contribution in [0.2, 0.25) is 5.02 Å². The van der Waals surface area contributed by atoms with Crippen LogP contribution in [0, 0.1) is 11.7 Å². The molecule has 2 atom stereocenters. The van der Waals surface area contributed by atoms with Gasteiger partial charge < -0.3 is 5.11 Å². The van der Waals surface area contributed by atoms with E-state index in [0.29, 0.717) is 28.4 Å². The summed E-state index contributed by atoms with van der Waals surface area (Å²) in [7, 11) is 0. The van der Waals surface area contributed by atoms with E-state index in [9.17, 15) is 14.3 Å². The minimum atomic E-state index is -0.403. The summed E-state index contributed by atoms with van der Waals surface area (Å²) in [4.78, 5) is 13.0. The third-order valence-corrected chi connectivity index (χ3v) is 6.60. The van der Waals surface area contributed by atoms with Crippen molar-refractivity contribution in [3.05, 3.63) is 83.1 Å². The normalized spacial score (nSPS) is 18.3. The van der Waals surface area contributed by atoms with E-state index in [4.69, 9.17) is 16.7 Å². The molecule has 1 saturated carbocycles. The minimum Gasteiger partial charge on any atom is -0.393 e. The Bertz CT molecular complexity index is 1300. The van der Waals surface area contributed by atoms with Gasteiger partial charge in [0.25, 0.3) is 0 Å². The van der Waals surface area contributed by atoms with E-state index in [1.807, 2.05) is 42.5 Å². The van der Waals surface area contributed by atoms with Crippen LogP contribution in [0.15, 0.2) is 66.7 Å². The maximum Gasteiger partial charge on any atom is 0.163 e. The maximum atomic E-state index is 13.5. The zero-order valence-electron chi connectivity index (χ0n) is 17.3. The van der Waals surface area contributed by atoms with E-state index >= 15 is 0 Å². The van der Waals surface area contributed by atoms with Crippen LogP contribution in [0.3, 0.4) is 0 Å². The van der Waals surface area contributed by atoms with Crippen molar-refractivity contribution in [3.63, 3.8) is 0 Å². The average molecular weight is 449 g/mol. The van der Waals surface area contributed by atoms with Crippen LogP contribution in [0.5, 0.6) is 0 Å². The van der Waals surface area contributed by atoms with Crippen LogP contribution < -0.4 is 0 Å². The lowest BCUT2D eigenvalue weighted by atomic mass is 9.94. The van der Waals surface area contributed by atoms with Gasteiger partial charge in [-0.3, -0.25) is 4.79 Å². The van der Waals surface area contributed by atoms with Crippen molar-refractivity contribution < 1.29 is 14.3 Å². The monoisotopic (exact) mass is 448 g/mol. The topological polar surface area (TPSA) is 55.1 Å². The van der Waals surface area contributed by atoms with Gasteiger partial charge in [0.2, 0.25) is 0 Å². The fourth-order valence-corrected chi connectivity index (χ4v) is 4.76. The van der Waals surface area contributed by atoms with E-state index < -0.39 is 6.10 Å². The zero-order chi connectivity index (χ0) is 22.2. The Hall–Kier alpha value is -3.02. The van der Waals surface area contributed by atoms with Gasteiger partial charge in [-0.15, -0.1) is 0 Å². The highest BCUT2D eigenvalue weighted by Gasteiger charge is 2.28. The van der Waals surface area contributed by atoms with Crippen molar-refractivity contribution in [2.45, 2.75) is 31.8 Å². The molecule has 0 amide bonds. The summed E-state index contributed by atoms with van der Waals surface area (Å²) in [5.41, 5.74) is 3.48. The van der Waals surface area contributed by atoms with Crippen molar-refractivity contribution in [1.29, 1.82) is 0 Å². The van der Waals surface area contributed by atoms with Crippen molar-refractivity contribution >= 4 is 28.3 Å². The van der Waals surface area contributed by atoms with Gasteiger partial charge in [0.1, 0.15) is 11.5 Å². The van der Waals surface area contributed by atoms with Gasteiger partial charge in [-0.2, -0.15) is 5.10 Å². The molecule has 0 unspecified atom stereocenters. The lowest BCUT2D eigenvalue weighted by molar-refractivity contribution is 0.0868. The number of aliphatic hydroxyl groups is 1. The number of hydrogen-bond donors (Lipinski definition) is 1. The number of hydrogen-bond acceptors (Lipinski definition) is 3. The number of Topliss-reactive ketones (excluding diaryl/α,β-unsaturated/α-hetero) is 1. The first-order chi connectivity index (χ1) is 15.5. The van der Waals surface area contributed by atoms with E-state index in [2.05, 4.69) is 0 Å². The molecule has 0 spiro atoms. The molecule has 6 heteroatoms. The van der Waals surface area contributed by atoms with Crippen LogP contribution in [0.25, 0.3) is 27.8 Å². The number of carbonyl (C=O) groups excluding carboxylic acids is 1. The van der Waals surface area contributed by atoms with Gasteiger partial charge in [0.05, 0.1) is 22.3 Å². The fraction of sp³-hybridized carbons (Fsp3) is 0.231. The molecule has 5 rings (SSSR count). The van der Waals surface area contributed by atoms with Crippen molar-refractivity contribution in [3.8, 4) is 16.9 Å². The van der Waals surface area contributed by atoms with E-state index in [-0.39, 0.29) is 17.5 Å². The molecule has 32 heavy (non-hydrogen) atoms. The Morgan fingerprint density at radius 3 is 2.59 bits per heavy atom. The van der Waals surface area contributed by atoms with Crippen LogP contribution in [0.1, 0.15) is 36.0 Å². The van der Waals surface area contributed by atoms with Gasteiger partial charge in [-0.25, -0.2) is 9.07 Å². The quantitative estimate of drug-likeness (QED) is 0.369. The number of benzene rings is 3. The number of rotatable bonds is 5. The van der Waals surface area contributed by atoms with Gasteiger partial charge in [0.15, 0.2) is 5.78 Å². The first-order valence-corrected chi connectivity index (χ1v) is 11.1. The van der Waals surface area contributed by atoms with Crippen LogP contribution in [-0.4, -0.2) is 26.8 Å². The molecular formula is C26H22ClFN2O2. The molecule has 0 saturated heterocycles.